The Morgan fingerprint density at radius 2 is 2.37 bits per heavy atom. The Balaban J connectivity index is 1.76. The first-order valence-electron chi connectivity index (χ1n) is 6.19. The van der Waals surface area contributed by atoms with Crippen molar-refractivity contribution in [3.05, 3.63) is 34.3 Å². The van der Waals surface area contributed by atoms with Gasteiger partial charge in [0.1, 0.15) is 0 Å². The van der Waals surface area contributed by atoms with Gasteiger partial charge in [0.05, 0.1) is 18.4 Å². The SMILES string of the molecule is CC(=O)Nc1ccsc1CNCCn1cc(C)cn1. The summed E-state index contributed by atoms with van der Waals surface area (Å²) < 4.78 is 1.92. The average molecular weight is 278 g/mol. The van der Waals surface area contributed by atoms with Gasteiger partial charge in [-0.1, -0.05) is 0 Å². The predicted octanol–water partition coefficient (Wildman–Crippen LogP) is 2.00. The third kappa shape index (κ3) is 4.18. The van der Waals surface area contributed by atoms with Gasteiger partial charge in [-0.25, -0.2) is 0 Å². The van der Waals surface area contributed by atoms with Crippen molar-refractivity contribution in [3.8, 4) is 0 Å². The molecule has 0 aliphatic rings. The molecule has 0 fully saturated rings. The van der Waals surface area contributed by atoms with Crippen LogP contribution in [0.2, 0.25) is 0 Å². The predicted molar refractivity (Wildman–Crippen MR) is 77.3 cm³/mol. The van der Waals surface area contributed by atoms with E-state index in [1.165, 1.54) is 12.5 Å². The summed E-state index contributed by atoms with van der Waals surface area (Å²) in [5, 5.41) is 12.4. The van der Waals surface area contributed by atoms with E-state index in [0.29, 0.717) is 0 Å². The van der Waals surface area contributed by atoms with Gasteiger partial charge in [-0.2, -0.15) is 5.10 Å². The highest BCUT2D eigenvalue weighted by Crippen LogP contribution is 2.21. The molecule has 2 rings (SSSR count). The van der Waals surface area contributed by atoms with E-state index in [2.05, 4.69) is 15.7 Å². The molecule has 0 saturated heterocycles. The van der Waals surface area contributed by atoms with Crippen molar-refractivity contribution in [3.63, 3.8) is 0 Å². The first-order valence-corrected chi connectivity index (χ1v) is 7.07. The average Bonchev–Trinajstić information content (AvgIpc) is 2.94. The molecule has 2 aromatic heterocycles. The Morgan fingerprint density at radius 3 is 3.05 bits per heavy atom. The number of hydrogen-bond donors (Lipinski definition) is 2. The molecule has 0 aromatic carbocycles. The third-order valence-corrected chi connectivity index (χ3v) is 3.54. The second kappa shape index (κ2) is 6.49. The summed E-state index contributed by atoms with van der Waals surface area (Å²) in [6.45, 7) is 6.00. The fraction of sp³-hybridized carbons (Fsp3) is 0.385. The number of aryl methyl sites for hydroxylation is 1. The molecule has 0 radical (unpaired) electrons. The van der Waals surface area contributed by atoms with E-state index in [9.17, 15) is 4.79 Å². The summed E-state index contributed by atoms with van der Waals surface area (Å²) in [5.74, 6) is -0.0355. The zero-order valence-corrected chi connectivity index (χ0v) is 12.0. The van der Waals surface area contributed by atoms with Gasteiger partial charge in [-0.3, -0.25) is 9.48 Å². The van der Waals surface area contributed by atoms with E-state index in [1.807, 2.05) is 35.4 Å². The molecule has 5 nitrogen and oxygen atoms in total. The van der Waals surface area contributed by atoms with Crippen LogP contribution in [0.1, 0.15) is 17.4 Å². The van der Waals surface area contributed by atoms with Crippen molar-refractivity contribution >= 4 is 22.9 Å². The van der Waals surface area contributed by atoms with Crippen molar-refractivity contribution in [2.75, 3.05) is 11.9 Å². The first kappa shape index (κ1) is 13.8. The molecule has 0 aliphatic carbocycles. The molecule has 0 atom stereocenters. The number of amides is 1. The summed E-state index contributed by atoms with van der Waals surface area (Å²) in [7, 11) is 0. The molecule has 19 heavy (non-hydrogen) atoms. The molecule has 0 spiro atoms. The van der Waals surface area contributed by atoms with Gasteiger partial charge in [0.25, 0.3) is 0 Å². The number of rotatable bonds is 6. The zero-order valence-electron chi connectivity index (χ0n) is 11.1. The Labute approximate surface area is 116 Å². The molecular formula is C13H18N4OS. The lowest BCUT2D eigenvalue weighted by Crippen LogP contribution is -2.20. The molecule has 0 saturated carbocycles. The number of thiophene rings is 1. The number of carbonyl (C=O) groups excluding carboxylic acids is 1. The van der Waals surface area contributed by atoms with Crippen LogP contribution in [0.5, 0.6) is 0 Å². The van der Waals surface area contributed by atoms with Gasteiger partial charge in [-0.15, -0.1) is 11.3 Å². The maximum atomic E-state index is 11.0. The molecule has 1 amide bonds. The standard InChI is InChI=1S/C13H18N4OS/c1-10-7-15-17(9-10)5-4-14-8-13-12(3-6-19-13)16-11(2)18/h3,6-7,9,14H,4-5,8H2,1-2H3,(H,16,18). The Morgan fingerprint density at radius 1 is 1.53 bits per heavy atom. The minimum absolute atomic E-state index is 0.0355. The highest BCUT2D eigenvalue weighted by Gasteiger charge is 2.05. The fourth-order valence-corrected chi connectivity index (χ4v) is 2.56. The smallest absolute Gasteiger partial charge is 0.221 e. The van der Waals surface area contributed by atoms with Gasteiger partial charge in [-0.05, 0) is 23.9 Å². The van der Waals surface area contributed by atoms with Crippen LogP contribution in [0.3, 0.4) is 0 Å². The Bertz CT molecular complexity index is 546. The van der Waals surface area contributed by atoms with E-state index in [1.54, 1.807) is 11.3 Å². The fourth-order valence-electron chi connectivity index (χ4n) is 1.76. The van der Waals surface area contributed by atoms with Crippen molar-refractivity contribution in [1.29, 1.82) is 0 Å². The number of anilines is 1. The summed E-state index contributed by atoms with van der Waals surface area (Å²) in [4.78, 5) is 12.2. The van der Waals surface area contributed by atoms with E-state index >= 15 is 0 Å². The number of aromatic nitrogens is 2. The number of nitrogens with zero attached hydrogens (tertiary/aromatic N) is 2. The Kier molecular flexibility index (Phi) is 4.70. The zero-order chi connectivity index (χ0) is 13.7. The van der Waals surface area contributed by atoms with Gasteiger partial charge < -0.3 is 10.6 Å². The largest absolute Gasteiger partial charge is 0.325 e. The van der Waals surface area contributed by atoms with Gasteiger partial charge in [0.2, 0.25) is 5.91 Å². The molecule has 0 aliphatic heterocycles. The van der Waals surface area contributed by atoms with E-state index in [0.717, 1.165) is 30.2 Å². The minimum atomic E-state index is -0.0355. The van der Waals surface area contributed by atoms with Crippen LogP contribution in [0, 0.1) is 6.92 Å². The second-order valence-corrected chi connectivity index (χ2v) is 5.40. The lowest BCUT2D eigenvalue weighted by Gasteiger charge is -2.06. The molecule has 2 heterocycles. The summed E-state index contributed by atoms with van der Waals surface area (Å²) in [6.07, 6.45) is 3.88. The maximum absolute atomic E-state index is 11.0. The van der Waals surface area contributed by atoms with Crippen molar-refractivity contribution in [1.82, 2.24) is 15.1 Å². The van der Waals surface area contributed by atoms with E-state index in [-0.39, 0.29) is 5.91 Å². The third-order valence-electron chi connectivity index (χ3n) is 2.62. The van der Waals surface area contributed by atoms with Crippen molar-refractivity contribution in [2.24, 2.45) is 0 Å². The van der Waals surface area contributed by atoms with Gasteiger partial charge in [0.15, 0.2) is 0 Å². The van der Waals surface area contributed by atoms with Crippen LogP contribution in [-0.4, -0.2) is 22.2 Å². The summed E-state index contributed by atoms with van der Waals surface area (Å²) in [6, 6.07) is 1.93. The molecule has 2 aromatic rings. The molecule has 102 valence electrons. The van der Waals surface area contributed by atoms with Gasteiger partial charge in [0, 0.05) is 31.1 Å². The van der Waals surface area contributed by atoms with Crippen molar-refractivity contribution in [2.45, 2.75) is 26.9 Å². The summed E-state index contributed by atoms with van der Waals surface area (Å²) in [5.41, 5.74) is 2.08. The molecule has 2 N–H and O–H groups in total. The number of nitrogens with one attached hydrogen (secondary N) is 2. The normalized spacial score (nSPS) is 10.6. The molecular weight excluding hydrogens is 260 g/mol. The molecule has 0 unspecified atom stereocenters. The molecule has 6 heteroatoms. The summed E-state index contributed by atoms with van der Waals surface area (Å²) >= 11 is 1.64. The second-order valence-electron chi connectivity index (χ2n) is 4.40. The highest BCUT2D eigenvalue weighted by atomic mass is 32.1. The van der Waals surface area contributed by atoms with Gasteiger partial charge >= 0.3 is 0 Å². The molecule has 0 bridgehead atoms. The monoisotopic (exact) mass is 278 g/mol. The van der Waals surface area contributed by atoms with E-state index in [4.69, 9.17) is 0 Å². The van der Waals surface area contributed by atoms with Crippen molar-refractivity contribution < 1.29 is 4.79 Å². The maximum Gasteiger partial charge on any atom is 0.221 e. The Hall–Kier alpha value is -1.66. The van der Waals surface area contributed by atoms with Crippen LogP contribution < -0.4 is 10.6 Å². The van der Waals surface area contributed by atoms with Crippen LogP contribution >= 0.6 is 11.3 Å². The quantitative estimate of drug-likeness (QED) is 0.795. The van der Waals surface area contributed by atoms with Crippen LogP contribution in [0.4, 0.5) is 5.69 Å². The number of carbonyl (C=O) groups is 1. The highest BCUT2D eigenvalue weighted by molar-refractivity contribution is 7.10. The van der Waals surface area contributed by atoms with Crippen LogP contribution in [0.15, 0.2) is 23.8 Å². The van der Waals surface area contributed by atoms with Crippen LogP contribution in [-0.2, 0) is 17.9 Å². The van der Waals surface area contributed by atoms with E-state index < -0.39 is 0 Å². The topological polar surface area (TPSA) is 59.0 Å². The van der Waals surface area contributed by atoms with Crippen LogP contribution in [0.25, 0.3) is 0 Å². The lowest BCUT2D eigenvalue weighted by atomic mass is 10.3. The number of hydrogen-bond acceptors (Lipinski definition) is 4. The first-order chi connectivity index (χ1) is 9.15. The lowest BCUT2D eigenvalue weighted by molar-refractivity contribution is -0.114. The minimum Gasteiger partial charge on any atom is -0.325 e.